The molecule has 0 radical (unpaired) electrons. The molecule has 1 aromatic heterocycles. The van der Waals surface area contributed by atoms with Gasteiger partial charge in [-0.3, -0.25) is 4.79 Å². The van der Waals surface area contributed by atoms with E-state index in [-0.39, 0.29) is 12.5 Å². The third-order valence-corrected chi connectivity index (χ3v) is 5.44. The number of carboxylic acids is 1. The van der Waals surface area contributed by atoms with Crippen molar-refractivity contribution in [1.29, 1.82) is 0 Å². The molecule has 0 aliphatic heterocycles. The highest BCUT2D eigenvalue weighted by Gasteiger charge is 2.14. The zero-order chi connectivity index (χ0) is 22.9. The molecule has 8 heteroatoms. The van der Waals surface area contributed by atoms with Crippen LogP contribution >= 0.6 is 11.6 Å². The van der Waals surface area contributed by atoms with Crippen molar-refractivity contribution in [3.05, 3.63) is 53.3 Å². The Labute approximate surface area is 192 Å². The number of rotatable bonds is 12. The van der Waals surface area contributed by atoms with Crippen molar-refractivity contribution in [2.45, 2.75) is 45.1 Å². The van der Waals surface area contributed by atoms with E-state index < -0.39 is 5.97 Å². The minimum Gasteiger partial charge on any atom is -0.493 e. The fraction of sp³-hybridized carbons (Fsp3) is 0.375. The van der Waals surface area contributed by atoms with E-state index in [4.69, 9.17) is 26.2 Å². The maximum atomic E-state index is 10.6. The van der Waals surface area contributed by atoms with Gasteiger partial charge in [0.2, 0.25) is 0 Å². The van der Waals surface area contributed by atoms with Crippen LogP contribution < -0.4 is 14.8 Å². The number of hydrogen-bond donors (Lipinski definition) is 2. The van der Waals surface area contributed by atoms with Gasteiger partial charge in [0.05, 0.1) is 19.2 Å². The molecule has 2 aromatic carbocycles. The number of carboxylic acid groups (broad SMARTS) is 1. The Morgan fingerprint density at radius 1 is 1.09 bits per heavy atom. The minimum absolute atomic E-state index is 0.0163. The standard InChI is InChI=1S/C24H28ClN3O4/c1-16(17-8-10-18(25)11-9-17)28-24-19-13-22(21(31-2)14-20(19)26-15-27-24)32-12-6-4-3-5-7-23(29)30/h8-11,13-16H,3-7,12H2,1-2H3,(H,29,30)(H,26,27,28). The SMILES string of the molecule is COc1cc2ncnc(NC(C)c3ccc(Cl)cc3)c2cc1OCCCCCCC(=O)O. The molecule has 3 aromatic rings. The summed E-state index contributed by atoms with van der Waals surface area (Å²) in [6, 6.07) is 11.5. The van der Waals surface area contributed by atoms with Crippen LogP contribution in [0.15, 0.2) is 42.7 Å². The van der Waals surface area contributed by atoms with Crippen molar-refractivity contribution in [3.63, 3.8) is 0 Å². The Kier molecular flexibility index (Phi) is 8.50. The molecule has 170 valence electrons. The summed E-state index contributed by atoms with van der Waals surface area (Å²) >= 11 is 6.00. The molecule has 0 amide bonds. The number of anilines is 1. The van der Waals surface area contributed by atoms with E-state index in [0.717, 1.165) is 35.7 Å². The second kappa shape index (κ2) is 11.5. The molecule has 2 N–H and O–H groups in total. The zero-order valence-electron chi connectivity index (χ0n) is 18.3. The maximum Gasteiger partial charge on any atom is 0.303 e. The fourth-order valence-electron chi connectivity index (χ4n) is 3.41. The van der Waals surface area contributed by atoms with Gasteiger partial charge in [-0.1, -0.05) is 36.6 Å². The monoisotopic (exact) mass is 457 g/mol. The highest BCUT2D eigenvalue weighted by Crippen LogP contribution is 2.35. The molecular weight excluding hydrogens is 430 g/mol. The first-order valence-corrected chi connectivity index (χ1v) is 11.0. The Bertz CT molecular complexity index is 1040. The van der Waals surface area contributed by atoms with Gasteiger partial charge in [-0.05, 0) is 43.5 Å². The summed E-state index contributed by atoms with van der Waals surface area (Å²) in [5.41, 5.74) is 1.85. The number of nitrogens with zero attached hydrogens (tertiary/aromatic N) is 2. The smallest absolute Gasteiger partial charge is 0.303 e. The second-order valence-corrected chi connectivity index (χ2v) is 8.00. The summed E-state index contributed by atoms with van der Waals surface area (Å²) in [5.74, 6) is 1.19. The van der Waals surface area contributed by atoms with Crippen LogP contribution in [0.4, 0.5) is 5.82 Å². The van der Waals surface area contributed by atoms with Crippen molar-refractivity contribution in [3.8, 4) is 11.5 Å². The van der Waals surface area contributed by atoms with E-state index in [9.17, 15) is 4.79 Å². The maximum absolute atomic E-state index is 10.6. The van der Waals surface area contributed by atoms with Crippen molar-refractivity contribution in [1.82, 2.24) is 9.97 Å². The molecule has 1 unspecified atom stereocenters. The lowest BCUT2D eigenvalue weighted by molar-refractivity contribution is -0.137. The van der Waals surface area contributed by atoms with E-state index in [0.29, 0.717) is 35.4 Å². The molecule has 0 aliphatic carbocycles. The molecule has 0 spiro atoms. The van der Waals surface area contributed by atoms with Gasteiger partial charge in [-0.15, -0.1) is 0 Å². The van der Waals surface area contributed by atoms with Crippen LogP contribution in [0.25, 0.3) is 10.9 Å². The number of aromatic nitrogens is 2. The van der Waals surface area contributed by atoms with Crippen LogP contribution in [0.1, 0.15) is 50.6 Å². The fourth-order valence-corrected chi connectivity index (χ4v) is 3.53. The van der Waals surface area contributed by atoms with E-state index >= 15 is 0 Å². The molecule has 0 aliphatic rings. The predicted octanol–water partition coefficient (Wildman–Crippen LogP) is 5.88. The second-order valence-electron chi connectivity index (χ2n) is 7.57. The largest absolute Gasteiger partial charge is 0.493 e. The number of ether oxygens (including phenoxy) is 2. The highest BCUT2D eigenvalue weighted by molar-refractivity contribution is 6.30. The van der Waals surface area contributed by atoms with Crippen LogP contribution in [-0.2, 0) is 4.79 Å². The first kappa shape index (κ1) is 23.6. The average Bonchev–Trinajstić information content (AvgIpc) is 2.78. The van der Waals surface area contributed by atoms with Gasteiger partial charge in [0.25, 0.3) is 0 Å². The van der Waals surface area contributed by atoms with Crippen LogP contribution in [0.2, 0.25) is 5.02 Å². The first-order valence-electron chi connectivity index (χ1n) is 10.7. The molecule has 0 bridgehead atoms. The lowest BCUT2D eigenvalue weighted by atomic mass is 10.1. The van der Waals surface area contributed by atoms with Crippen molar-refractivity contribution in [2.75, 3.05) is 19.0 Å². The highest BCUT2D eigenvalue weighted by atomic mass is 35.5. The van der Waals surface area contributed by atoms with Crippen molar-refractivity contribution in [2.24, 2.45) is 0 Å². The molecule has 32 heavy (non-hydrogen) atoms. The topological polar surface area (TPSA) is 93.6 Å². The number of fused-ring (bicyclic) bond motifs is 1. The summed E-state index contributed by atoms with van der Waals surface area (Å²) in [6.07, 6.45) is 5.05. The van der Waals surface area contributed by atoms with Crippen molar-refractivity contribution < 1.29 is 19.4 Å². The number of halogens is 1. The molecule has 1 atom stereocenters. The summed E-state index contributed by atoms with van der Waals surface area (Å²) in [4.78, 5) is 19.4. The summed E-state index contributed by atoms with van der Waals surface area (Å²) in [5, 5.41) is 13.7. The number of aliphatic carboxylic acids is 1. The summed E-state index contributed by atoms with van der Waals surface area (Å²) in [7, 11) is 1.60. The summed E-state index contributed by atoms with van der Waals surface area (Å²) in [6.45, 7) is 2.58. The number of methoxy groups -OCH3 is 1. The normalized spacial score (nSPS) is 11.8. The van der Waals surface area contributed by atoms with Gasteiger partial charge >= 0.3 is 5.97 Å². The average molecular weight is 458 g/mol. The zero-order valence-corrected chi connectivity index (χ0v) is 19.1. The van der Waals surface area contributed by atoms with Gasteiger partial charge in [0, 0.05) is 28.9 Å². The molecule has 0 fully saturated rings. The molecule has 1 heterocycles. The van der Waals surface area contributed by atoms with Gasteiger partial charge in [0.15, 0.2) is 11.5 Å². The molecule has 7 nitrogen and oxygen atoms in total. The van der Waals surface area contributed by atoms with Crippen LogP contribution in [0.3, 0.4) is 0 Å². The van der Waals surface area contributed by atoms with Gasteiger partial charge < -0.3 is 19.9 Å². The number of unbranched alkanes of at least 4 members (excludes halogenated alkanes) is 3. The van der Waals surface area contributed by atoms with E-state index in [1.54, 1.807) is 7.11 Å². The van der Waals surface area contributed by atoms with Crippen LogP contribution in [0.5, 0.6) is 11.5 Å². The Balaban J connectivity index is 1.70. The molecular formula is C24H28ClN3O4. The number of carbonyl (C=O) groups is 1. The third-order valence-electron chi connectivity index (χ3n) is 5.19. The van der Waals surface area contributed by atoms with Gasteiger partial charge in [0.1, 0.15) is 12.1 Å². The first-order chi connectivity index (χ1) is 15.5. The summed E-state index contributed by atoms with van der Waals surface area (Å²) < 4.78 is 11.5. The van der Waals surface area contributed by atoms with E-state index in [2.05, 4.69) is 22.2 Å². The van der Waals surface area contributed by atoms with Gasteiger partial charge in [-0.25, -0.2) is 9.97 Å². The van der Waals surface area contributed by atoms with E-state index in [1.165, 1.54) is 6.33 Å². The third kappa shape index (κ3) is 6.47. The molecule has 3 rings (SSSR count). The van der Waals surface area contributed by atoms with Gasteiger partial charge in [-0.2, -0.15) is 0 Å². The Hall–Kier alpha value is -3.06. The quantitative estimate of drug-likeness (QED) is 0.328. The Morgan fingerprint density at radius 2 is 1.84 bits per heavy atom. The number of nitrogens with one attached hydrogen (secondary N) is 1. The lowest BCUT2D eigenvalue weighted by Gasteiger charge is -2.17. The van der Waals surface area contributed by atoms with Crippen LogP contribution in [-0.4, -0.2) is 34.8 Å². The lowest BCUT2D eigenvalue weighted by Crippen LogP contribution is -2.09. The predicted molar refractivity (Wildman–Crippen MR) is 126 cm³/mol. The molecule has 0 saturated carbocycles. The van der Waals surface area contributed by atoms with Crippen LogP contribution in [0, 0.1) is 0 Å². The van der Waals surface area contributed by atoms with E-state index in [1.807, 2.05) is 36.4 Å². The number of hydrogen-bond acceptors (Lipinski definition) is 6. The number of benzene rings is 2. The molecule has 0 saturated heterocycles. The Morgan fingerprint density at radius 3 is 2.56 bits per heavy atom. The minimum atomic E-state index is -0.751. The van der Waals surface area contributed by atoms with Crippen molar-refractivity contribution >= 4 is 34.3 Å².